The molecule has 0 spiro atoms. The van der Waals surface area contributed by atoms with E-state index in [9.17, 15) is 14.7 Å². The Kier molecular flexibility index (Phi) is 4.93. The highest BCUT2D eigenvalue weighted by molar-refractivity contribution is 5.96. The van der Waals surface area contributed by atoms with Gasteiger partial charge in [-0.2, -0.15) is 5.10 Å². The first-order valence-corrected chi connectivity index (χ1v) is 7.08. The van der Waals surface area contributed by atoms with Crippen molar-refractivity contribution in [1.82, 2.24) is 15.1 Å². The van der Waals surface area contributed by atoms with Gasteiger partial charge < -0.3 is 10.4 Å². The summed E-state index contributed by atoms with van der Waals surface area (Å²) in [5.74, 6) is -1.15. The lowest BCUT2D eigenvalue weighted by atomic mass is 10.1. The summed E-state index contributed by atoms with van der Waals surface area (Å²) >= 11 is 0. The van der Waals surface area contributed by atoms with E-state index in [0.29, 0.717) is 23.6 Å². The van der Waals surface area contributed by atoms with E-state index in [2.05, 4.69) is 24.3 Å². The Hall–Kier alpha value is -2.63. The number of nitrogens with zero attached hydrogens (tertiary/aromatic N) is 2. The van der Waals surface area contributed by atoms with Gasteiger partial charge in [0.25, 0.3) is 5.91 Å². The van der Waals surface area contributed by atoms with Crippen LogP contribution in [0.25, 0.3) is 0 Å². The summed E-state index contributed by atoms with van der Waals surface area (Å²) in [7, 11) is 0. The van der Waals surface area contributed by atoms with Gasteiger partial charge in [0.15, 0.2) is 6.04 Å². The van der Waals surface area contributed by atoms with Crippen LogP contribution in [0.15, 0.2) is 42.7 Å². The first-order chi connectivity index (χ1) is 10.5. The lowest BCUT2D eigenvalue weighted by molar-refractivity contribution is -0.139. The van der Waals surface area contributed by atoms with Crippen molar-refractivity contribution >= 4 is 11.9 Å². The highest BCUT2D eigenvalue weighted by Gasteiger charge is 2.23. The first kappa shape index (κ1) is 15.8. The van der Waals surface area contributed by atoms with Crippen molar-refractivity contribution in [2.75, 3.05) is 0 Å². The molecule has 22 heavy (non-hydrogen) atoms. The van der Waals surface area contributed by atoms with E-state index in [1.165, 1.54) is 6.20 Å². The molecular formula is C16H19N3O3. The summed E-state index contributed by atoms with van der Waals surface area (Å²) < 4.78 is 1.68. The van der Waals surface area contributed by atoms with Crippen molar-refractivity contribution in [3.8, 4) is 0 Å². The molecule has 2 N–H and O–H groups in total. The van der Waals surface area contributed by atoms with Gasteiger partial charge in [-0.25, -0.2) is 4.79 Å². The van der Waals surface area contributed by atoms with Gasteiger partial charge in [0, 0.05) is 12.7 Å². The SMILES string of the molecule is CC(C)Cn1cc(C(=O)N[C@H](C(=O)O)c2ccccc2)cn1. The molecule has 0 unspecified atom stereocenters. The fourth-order valence-electron chi connectivity index (χ4n) is 2.10. The smallest absolute Gasteiger partial charge is 0.330 e. The summed E-state index contributed by atoms with van der Waals surface area (Å²) in [6.07, 6.45) is 3.07. The predicted octanol–water partition coefficient (Wildman–Crippen LogP) is 2.09. The molecule has 1 aromatic heterocycles. The van der Waals surface area contributed by atoms with Crippen molar-refractivity contribution in [3.05, 3.63) is 53.9 Å². The van der Waals surface area contributed by atoms with Crippen LogP contribution in [0.3, 0.4) is 0 Å². The third kappa shape index (κ3) is 3.94. The molecule has 1 heterocycles. The van der Waals surface area contributed by atoms with Crippen LogP contribution < -0.4 is 5.32 Å². The highest BCUT2D eigenvalue weighted by atomic mass is 16.4. The maximum atomic E-state index is 12.2. The number of amides is 1. The topological polar surface area (TPSA) is 84.2 Å². The number of carbonyl (C=O) groups excluding carboxylic acids is 1. The average molecular weight is 301 g/mol. The van der Waals surface area contributed by atoms with Crippen molar-refractivity contribution in [3.63, 3.8) is 0 Å². The molecule has 0 aliphatic rings. The summed E-state index contributed by atoms with van der Waals surface area (Å²) in [4.78, 5) is 23.6. The number of nitrogens with one attached hydrogen (secondary N) is 1. The fraction of sp³-hybridized carbons (Fsp3) is 0.312. The second-order valence-corrected chi connectivity index (χ2v) is 5.50. The van der Waals surface area contributed by atoms with E-state index in [1.807, 2.05) is 0 Å². The summed E-state index contributed by atoms with van der Waals surface area (Å²) in [5.41, 5.74) is 0.876. The first-order valence-electron chi connectivity index (χ1n) is 7.08. The minimum absolute atomic E-state index is 0.350. The van der Waals surface area contributed by atoms with E-state index in [-0.39, 0.29) is 0 Å². The molecule has 0 aliphatic heterocycles. The van der Waals surface area contributed by atoms with Crippen molar-refractivity contribution in [2.24, 2.45) is 5.92 Å². The number of carboxylic acids is 1. The predicted molar refractivity (Wildman–Crippen MR) is 81.4 cm³/mol. The third-order valence-electron chi connectivity index (χ3n) is 3.10. The van der Waals surface area contributed by atoms with Gasteiger partial charge in [-0.3, -0.25) is 9.48 Å². The van der Waals surface area contributed by atoms with Gasteiger partial charge in [-0.15, -0.1) is 0 Å². The molecule has 0 saturated heterocycles. The monoisotopic (exact) mass is 301 g/mol. The van der Waals surface area contributed by atoms with Crippen LogP contribution in [0.2, 0.25) is 0 Å². The minimum Gasteiger partial charge on any atom is -0.479 e. The molecule has 1 aromatic carbocycles. The normalized spacial score (nSPS) is 12.1. The molecule has 116 valence electrons. The number of rotatable bonds is 6. The zero-order valence-electron chi connectivity index (χ0n) is 12.6. The van der Waals surface area contributed by atoms with E-state index in [4.69, 9.17) is 0 Å². The Morgan fingerprint density at radius 1 is 1.27 bits per heavy atom. The zero-order valence-corrected chi connectivity index (χ0v) is 12.6. The van der Waals surface area contributed by atoms with E-state index >= 15 is 0 Å². The Bertz CT molecular complexity index is 650. The lowest BCUT2D eigenvalue weighted by Crippen LogP contribution is -2.33. The molecule has 6 heteroatoms. The van der Waals surface area contributed by atoms with Gasteiger partial charge in [-0.05, 0) is 11.5 Å². The number of hydrogen-bond donors (Lipinski definition) is 2. The van der Waals surface area contributed by atoms with Crippen LogP contribution in [-0.2, 0) is 11.3 Å². The van der Waals surface area contributed by atoms with Crippen LogP contribution in [0, 0.1) is 5.92 Å². The molecule has 0 saturated carbocycles. The van der Waals surface area contributed by atoms with Crippen molar-refractivity contribution in [2.45, 2.75) is 26.4 Å². The van der Waals surface area contributed by atoms with Crippen LogP contribution in [-0.4, -0.2) is 26.8 Å². The van der Waals surface area contributed by atoms with E-state index in [1.54, 1.807) is 41.2 Å². The van der Waals surface area contributed by atoms with E-state index < -0.39 is 17.9 Å². The maximum absolute atomic E-state index is 12.2. The molecule has 2 aromatic rings. The maximum Gasteiger partial charge on any atom is 0.330 e. The number of aromatic nitrogens is 2. The fourth-order valence-corrected chi connectivity index (χ4v) is 2.10. The molecule has 0 aliphatic carbocycles. The molecule has 2 rings (SSSR count). The molecular weight excluding hydrogens is 282 g/mol. The van der Waals surface area contributed by atoms with Gasteiger partial charge in [0.05, 0.1) is 11.8 Å². The van der Waals surface area contributed by atoms with Gasteiger partial charge in [0.2, 0.25) is 0 Å². The standard InChI is InChI=1S/C16H19N3O3/c1-11(2)9-19-10-13(8-17-19)15(20)18-14(16(21)22)12-6-4-3-5-7-12/h3-8,10-11,14H,9H2,1-2H3,(H,18,20)(H,21,22)/t14-/m0/s1. The number of carboxylic acid groups (broad SMARTS) is 1. The van der Waals surface area contributed by atoms with Crippen LogP contribution in [0.4, 0.5) is 0 Å². The Morgan fingerprint density at radius 3 is 2.55 bits per heavy atom. The third-order valence-corrected chi connectivity index (χ3v) is 3.10. The Labute approximate surface area is 128 Å². The number of benzene rings is 1. The minimum atomic E-state index is -1.10. The highest BCUT2D eigenvalue weighted by Crippen LogP contribution is 2.14. The number of carbonyl (C=O) groups is 2. The molecule has 1 atom stereocenters. The number of aliphatic carboxylic acids is 1. The molecule has 6 nitrogen and oxygen atoms in total. The van der Waals surface area contributed by atoms with Crippen molar-refractivity contribution < 1.29 is 14.7 Å². The zero-order chi connectivity index (χ0) is 16.1. The Morgan fingerprint density at radius 2 is 1.95 bits per heavy atom. The van der Waals surface area contributed by atoms with Crippen LogP contribution in [0.5, 0.6) is 0 Å². The van der Waals surface area contributed by atoms with Crippen molar-refractivity contribution in [1.29, 1.82) is 0 Å². The molecule has 0 fully saturated rings. The molecule has 0 bridgehead atoms. The van der Waals surface area contributed by atoms with E-state index in [0.717, 1.165) is 0 Å². The van der Waals surface area contributed by atoms with Crippen LogP contribution in [0.1, 0.15) is 35.8 Å². The summed E-state index contributed by atoms with van der Waals surface area (Å²) in [6.45, 7) is 4.81. The number of hydrogen-bond acceptors (Lipinski definition) is 3. The van der Waals surface area contributed by atoms with Gasteiger partial charge in [0.1, 0.15) is 0 Å². The van der Waals surface area contributed by atoms with Gasteiger partial charge >= 0.3 is 5.97 Å². The lowest BCUT2D eigenvalue weighted by Gasteiger charge is -2.14. The summed E-state index contributed by atoms with van der Waals surface area (Å²) in [6, 6.07) is 7.51. The Balaban J connectivity index is 2.12. The van der Waals surface area contributed by atoms with Crippen LogP contribution >= 0.6 is 0 Å². The second kappa shape index (κ2) is 6.89. The molecule has 1 amide bonds. The summed E-state index contributed by atoms with van der Waals surface area (Å²) in [5, 5.41) is 15.9. The van der Waals surface area contributed by atoms with Gasteiger partial charge in [-0.1, -0.05) is 44.2 Å². The molecule has 0 radical (unpaired) electrons. The largest absolute Gasteiger partial charge is 0.479 e. The quantitative estimate of drug-likeness (QED) is 0.855. The average Bonchev–Trinajstić information content (AvgIpc) is 2.93. The second-order valence-electron chi connectivity index (χ2n) is 5.50.